The molecule has 1 N–H and O–H groups in total. The molecule has 0 unspecified atom stereocenters. The Labute approximate surface area is 106 Å². The molecular weight excluding hydrogens is 240 g/mol. The zero-order chi connectivity index (χ0) is 14.2. The summed E-state index contributed by atoms with van der Waals surface area (Å²) in [4.78, 5) is 32.5. The van der Waals surface area contributed by atoms with Gasteiger partial charge in [0.05, 0.1) is 5.41 Å². The van der Waals surface area contributed by atoms with Crippen molar-refractivity contribution in [1.82, 2.24) is 0 Å². The molecule has 0 aromatic carbocycles. The maximum absolute atomic E-state index is 11.5. The average Bonchev–Trinajstić information content (AvgIpc) is 2.31. The molecule has 0 saturated heterocycles. The van der Waals surface area contributed by atoms with Crippen molar-refractivity contribution in [1.29, 1.82) is 0 Å². The first kappa shape index (κ1) is 16.1. The maximum atomic E-state index is 11.5. The van der Waals surface area contributed by atoms with Crippen LogP contribution in [0.3, 0.4) is 0 Å². The van der Waals surface area contributed by atoms with Crippen molar-refractivity contribution >= 4 is 17.9 Å². The third-order valence-corrected chi connectivity index (χ3v) is 2.36. The standard InChI is InChI=1S/C12H18O6/c1-4-12(2,3)11(16)18-8-7-17-10(15)6-5-9(13)14/h5-6H,4,7-8H2,1-3H3,(H,13,14)/b6-5+. The first-order chi connectivity index (χ1) is 8.29. The van der Waals surface area contributed by atoms with E-state index in [9.17, 15) is 14.4 Å². The molecule has 0 fully saturated rings. The number of hydrogen-bond acceptors (Lipinski definition) is 5. The smallest absolute Gasteiger partial charge is 0.331 e. The van der Waals surface area contributed by atoms with Crippen molar-refractivity contribution in [2.75, 3.05) is 13.2 Å². The lowest BCUT2D eigenvalue weighted by atomic mass is 9.91. The molecule has 0 rings (SSSR count). The Bertz CT molecular complexity index is 342. The van der Waals surface area contributed by atoms with Crippen LogP contribution >= 0.6 is 0 Å². The van der Waals surface area contributed by atoms with Crippen molar-refractivity contribution in [2.45, 2.75) is 27.2 Å². The largest absolute Gasteiger partial charge is 0.478 e. The third kappa shape index (κ3) is 6.67. The number of esters is 2. The van der Waals surface area contributed by atoms with Gasteiger partial charge in [-0.2, -0.15) is 0 Å². The lowest BCUT2D eigenvalue weighted by molar-refractivity contribution is -0.157. The summed E-state index contributed by atoms with van der Waals surface area (Å²) in [6, 6.07) is 0. The van der Waals surface area contributed by atoms with Gasteiger partial charge < -0.3 is 14.6 Å². The summed E-state index contributed by atoms with van der Waals surface area (Å²) in [5, 5.41) is 8.26. The van der Waals surface area contributed by atoms with Crippen LogP contribution in [0.4, 0.5) is 0 Å². The van der Waals surface area contributed by atoms with E-state index < -0.39 is 17.4 Å². The van der Waals surface area contributed by atoms with E-state index in [1.54, 1.807) is 13.8 Å². The van der Waals surface area contributed by atoms with Crippen LogP contribution in [0.15, 0.2) is 12.2 Å². The number of rotatable bonds is 7. The number of carboxylic acids is 1. The van der Waals surface area contributed by atoms with Crippen LogP contribution in [0.1, 0.15) is 27.2 Å². The van der Waals surface area contributed by atoms with Crippen molar-refractivity contribution in [3.8, 4) is 0 Å². The molecule has 0 aliphatic carbocycles. The average molecular weight is 258 g/mol. The van der Waals surface area contributed by atoms with Crippen LogP contribution in [0, 0.1) is 5.41 Å². The molecular formula is C12H18O6. The van der Waals surface area contributed by atoms with Gasteiger partial charge in [-0.05, 0) is 20.3 Å². The van der Waals surface area contributed by atoms with E-state index in [-0.39, 0.29) is 19.2 Å². The molecule has 0 aliphatic rings. The summed E-state index contributed by atoms with van der Waals surface area (Å²) < 4.78 is 9.54. The molecule has 0 amide bonds. The van der Waals surface area contributed by atoms with Crippen LogP contribution in [-0.4, -0.2) is 36.2 Å². The Morgan fingerprint density at radius 3 is 2.17 bits per heavy atom. The van der Waals surface area contributed by atoms with Gasteiger partial charge in [-0.1, -0.05) is 6.92 Å². The highest BCUT2D eigenvalue weighted by molar-refractivity contribution is 5.90. The van der Waals surface area contributed by atoms with Gasteiger partial charge in [0.25, 0.3) is 0 Å². The van der Waals surface area contributed by atoms with Crippen LogP contribution in [-0.2, 0) is 23.9 Å². The molecule has 18 heavy (non-hydrogen) atoms. The molecule has 0 aromatic heterocycles. The van der Waals surface area contributed by atoms with E-state index in [2.05, 4.69) is 4.74 Å². The van der Waals surface area contributed by atoms with Gasteiger partial charge in [-0.3, -0.25) is 4.79 Å². The zero-order valence-corrected chi connectivity index (χ0v) is 10.8. The van der Waals surface area contributed by atoms with Gasteiger partial charge in [0.2, 0.25) is 0 Å². The predicted octanol–water partition coefficient (Wildman–Crippen LogP) is 1.15. The summed E-state index contributed by atoms with van der Waals surface area (Å²) in [5.74, 6) is -2.38. The van der Waals surface area contributed by atoms with Crippen LogP contribution in [0.25, 0.3) is 0 Å². The fourth-order valence-corrected chi connectivity index (χ4v) is 0.804. The molecule has 0 bridgehead atoms. The van der Waals surface area contributed by atoms with Crippen LogP contribution in [0.5, 0.6) is 0 Å². The second-order valence-corrected chi connectivity index (χ2v) is 4.21. The Hall–Kier alpha value is -1.85. The first-order valence-electron chi connectivity index (χ1n) is 5.54. The van der Waals surface area contributed by atoms with Gasteiger partial charge in [0, 0.05) is 12.2 Å². The second kappa shape index (κ2) is 7.47. The maximum Gasteiger partial charge on any atom is 0.331 e. The zero-order valence-electron chi connectivity index (χ0n) is 10.8. The number of ether oxygens (including phenoxy) is 2. The van der Waals surface area contributed by atoms with Crippen LogP contribution < -0.4 is 0 Å². The minimum atomic E-state index is -1.23. The van der Waals surface area contributed by atoms with Gasteiger partial charge >= 0.3 is 17.9 Å². The summed E-state index contributed by atoms with van der Waals surface area (Å²) in [6.07, 6.45) is 2.11. The molecule has 102 valence electrons. The normalized spacial score (nSPS) is 11.3. The molecule has 0 aliphatic heterocycles. The Morgan fingerprint density at radius 1 is 1.11 bits per heavy atom. The number of hydrogen-bond donors (Lipinski definition) is 1. The lowest BCUT2D eigenvalue weighted by Crippen LogP contribution is -2.27. The van der Waals surface area contributed by atoms with Gasteiger partial charge in [-0.15, -0.1) is 0 Å². The number of carboxylic acid groups (broad SMARTS) is 1. The molecule has 6 nitrogen and oxygen atoms in total. The predicted molar refractivity (Wildman–Crippen MR) is 62.8 cm³/mol. The first-order valence-corrected chi connectivity index (χ1v) is 5.54. The van der Waals surface area contributed by atoms with E-state index >= 15 is 0 Å². The van der Waals surface area contributed by atoms with Crippen molar-refractivity contribution in [2.24, 2.45) is 5.41 Å². The lowest BCUT2D eigenvalue weighted by Gasteiger charge is -2.20. The molecule has 0 atom stereocenters. The minimum Gasteiger partial charge on any atom is -0.478 e. The fourth-order valence-electron chi connectivity index (χ4n) is 0.804. The summed E-state index contributed by atoms with van der Waals surface area (Å²) in [7, 11) is 0. The number of carbonyl (C=O) groups excluding carboxylic acids is 2. The van der Waals surface area contributed by atoms with Crippen LogP contribution in [0.2, 0.25) is 0 Å². The highest BCUT2D eigenvalue weighted by atomic mass is 16.6. The summed E-state index contributed by atoms with van der Waals surface area (Å²) in [6.45, 7) is 5.25. The van der Waals surface area contributed by atoms with E-state index in [0.29, 0.717) is 12.5 Å². The highest BCUT2D eigenvalue weighted by Crippen LogP contribution is 2.21. The van der Waals surface area contributed by atoms with E-state index in [4.69, 9.17) is 9.84 Å². The fraction of sp³-hybridized carbons (Fsp3) is 0.583. The molecule has 0 spiro atoms. The molecule has 0 aromatic rings. The quantitative estimate of drug-likeness (QED) is 0.418. The van der Waals surface area contributed by atoms with Gasteiger partial charge in [0.1, 0.15) is 13.2 Å². The molecule has 0 saturated carbocycles. The molecule has 6 heteroatoms. The SMILES string of the molecule is CCC(C)(C)C(=O)OCCOC(=O)/C=C/C(=O)O. The second-order valence-electron chi connectivity index (χ2n) is 4.21. The van der Waals surface area contributed by atoms with E-state index in [0.717, 1.165) is 6.08 Å². The topological polar surface area (TPSA) is 89.9 Å². The van der Waals surface area contributed by atoms with Gasteiger partial charge in [0.15, 0.2) is 0 Å². The van der Waals surface area contributed by atoms with Crippen molar-refractivity contribution < 1.29 is 29.0 Å². The minimum absolute atomic E-state index is 0.0467. The van der Waals surface area contributed by atoms with E-state index in [1.165, 1.54) is 0 Å². The Morgan fingerprint density at radius 2 is 1.67 bits per heavy atom. The number of aliphatic carboxylic acids is 1. The van der Waals surface area contributed by atoms with E-state index in [1.807, 2.05) is 6.92 Å². The third-order valence-electron chi connectivity index (χ3n) is 2.36. The molecule has 0 radical (unpaired) electrons. The Balaban J connectivity index is 3.84. The molecule has 0 heterocycles. The Kier molecular flexibility index (Phi) is 6.70. The monoisotopic (exact) mass is 258 g/mol. The summed E-state index contributed by atoms with van der Waals surface area (Å²) >= 11 is 0. The number of carbonyl (C=O) groups is 3. The van der Waals surface area contributed by atoms with Crippen molar-refractivity contribution in [3.63, 3.8) is 0 Å². The summed E-state index contributed by atoms with van der Waals surface area (Å²) in [5.41, 5.74) is -0.562. The highest BCUT2D eigenvalue weighted by Gasteiger charge is 2.26. The van der Waals surface area contributed by atoms with Gasteiger partial charge in [-0.25, -0.2) is 9.59 Å². The van der Waals surface area contributed by atoms with Crippen molar-refractivity contribution in [3.05, 3.63) is 12.2 Å².